The molecular weight excluding hydrogens is 544 g/mol. The van der Waals surface area contributed by atoms with Crippen molar-refractivity contribution in [1.29, 1.82) is 0 Å². The van der Waals surface area contributed by atoms with Gasteiger partial charge in [-0.25, -0.2) is 9.78 Å². The Balaban J connectivity index is 1.20. The summed E-state index contributed by atoms with van der Waals surface area (Å²) in [5.74, 6) is 2.32. The second kappa shape index (κ2) is 8.37. The number of rotatable bonds is 2. The highest BCUT2D eigenvalue weighted by molar-refractivity contribution is 9.10. The molecule has 2 atom stereocenters. The molecule has 2 bridgehead atoms. The number of piperidine rings is 2. The van der Waals surface area contributed by atoms with Gasteiger partial charge in [-0.3, -0.25) is 4.90 Å². The summed E-state index contributed by atoms with van der Waals surface area (Å²) < 4.78 is 15.5. The Kier molecular flexibility index (Phi) is 5.25. The van der Waals surface area contributed by atoms with Crippen molar-refractivity contribution < 1.29 is 14.3 Å². The Morgan fingerprint density at radius 1 is 1.13 bits per heavy atom. The van der Waals surface area contributed by atoms with Crippen LogP contribution in [-0.4, -0.2) is 37.2 Å². The predicted octanol–water partition coefficient (Wildman–Crippen LogP) is 7.83. The van der Waals surface area contributed by atoms with Gasteiger partial charge in [0.05, 0.1) is 29.1 Å². The summed E-state index contributed by atoms with van der Waals surface area (Å²) in [6.07, 6.45) is 4.51. The molecule has 1 N–H and O–H groups in total. The number of H-pyrrole nitrogens is 1. The third-order valence-corrected chi connectivity index (χ3v) is 8.54. The number of imidazole rings is 1. The molecule has 0 spiro atoms. The number of benzene rings is 2. The fourth-order valence-electron chi connectivity index (χ4n) is 6.33. The number of fused-ring (bicyclic) bond motifs is 7. The molecule has 8 heteroatoms. The van der Waals surface area contributed by atoms with E-state index in [-0.39, 0.29) is 24.4 Å². The summed E-state index contributed by atoms with van der Waals surface area (Å²) in [6.45, 7) is 7.82. The molecule has 1 aliphatic carbocycles. The average molecular weight is 576 g/mol. The molecule has 1 amide bonds. The van der Waals surface area contributed by atoms with Crippen LogP contribution < -0.4 is 4.74 Å². The smallest absolute Gasteiger partial charge is 0.411 e. The zero-order chi connectivity index (χ0) is 26.3. The van der Waals surface area contributed by atoms with Crippen molar-refractivity contribution in [2.75, 3.05) is 0 Å². The topological polar surface area (TPSA) is 72.4 Å². The van der Waals surface area contributed by atoms with Gasteiger partial charge in [-0.05, 0) is 89.3 Å². The van der Waals surface area contributed by atoms with Crippen molar-refractivity contribution in [2.24, 2.45) is 5.92 Å². The largest absolute Gasteiger partial charge is 0.470 e. The fraction of sp³-hybridized carbons (Fsp3) is 0.400. The molecule has 1 saturated carbocycles. The van der Waals surface area contributed by atoms with Gasteiger partial charge in [0, 0.05) is 27.0 Å². The molecule has 2 aromatic heterocycles. The molecule has 3 fully saturated rings. The fourth-order valence-corrected chi connectivity index (χ4v) is 6.71. The molecule has 4 aromatic rings. The van der Waals surface area contributed by atoms with Crippen molar-refractivity contribution in [2.45, 2.75) is 70.9 Å². The monoisotopic (exact) mass is 574 g/mol. The first-order valence-electron chi connectivity index (χ1n) is 13.3. The molecule has 0 radical (unpaired) electrons. The van der Waals surface area contributed by atoms with Gasteiger partial charge < -0.3 is 19.0 Å². The second-order valence-electron chi connectivity index (χ2n) is 11.8. The van der Waals surface area contributed by atoms with Gasteiger partial charge in [-0.2, -0.15) is 0 Å². The highest BCUT2D eigenvalue weighted by Gasteiger charge is 2.49. The lowest BCUT2D eigenvalue weighted by molar-refractivity contribution is -0.0545. The van der Waals surface area contributed by atoms with Crippen LogP contribution in [0.1, 0.15) is 65.1 Å². The lowest BCUT2D eigenvalue weighted by Gasteiger charge is -2.52. The quantitative estimate of drug-likeness (QED) is 0.264. The minimum absolute atomic E-state index is 0.0972. The summed E-state index contributed by atoms with van der Waals surface area (Å²) in [4.78, 5) is 23.3. The number of ether oxygens (including phenoxy) is 2. The van der Waals surface area contributed by atoms with E-state index in [0.717, 1.165) is 63.3 Å². The SMILES string of the molecule is CC1Oc2cc(-c3cnc(C4CC5CC(C5)N4C(=O)OC(C)(C)C)[nH]3)ccc2-c2cc3cc(Br)ccc3n21. The molecule has 2 aromatic carbocycles. The van der Waals surface area contributed by atoms with Crippen molar-refractivity contribution in [3.63, 3.8) is 0 Å². The Hall–Kier alpha value is -3.26. The normalized spacial score (nSPS) is 23.9. The van der Waals surface area contributed by atoms with Crippen molar-refractivity contribution >= 4 is 32.9 Å². The lowest BCUT2D eigenvalue weighted by Crippen LogP contribution is -2.56. The van der Waals surface area contributed by atoms with Crippen molar-refractivity contribution in [3.8, 4) is 28.3 Å². The number of nitrogens with zero attached hydrogens (tertiary/aromatic N) is 3. The van der Waals surface area contributed by atoms with Crippen LogP contribution in [-0.2, 0) is 4.74 Å². The minimum atomic E-state index is -0.529. The van der Waals surface area contributed by atoms with E-state index in [9.17, 15) is 4.79 Å². The van der Waals surface area contributed by atoms with Crippen molar-refractivity contribution in [3.05, 3.63) is 59.0 Å². The number of hydrogen-bond acceptors (Lipinski definition) is 4. The van der Waals surface area contributed by atoms with E-state index in [2.05, 4.69) is 74.9 Å². The van der Waals surface area contributed by atoms with Gasteiger partial charge in [0.25, 0.3) is 0 Å². The minimum Gasteiger partial charge on any atom is -0.470 e. The molecule has 2 unspecified atom stereocenters. The molecule has 38 heavy (non-hydrogen) atoms. The maximum Gasteiger partial charge on any atom is 0.411 e. The zero-order valence-electron chi connectivity index (χ0n) is 22.0. The van der Waals surface area contributed by atoms with Crippen molar-refractivity contribution in [1.82, 2.24) is 19.4 Å². The summed E-state index contributed by atoms with van der Waals surface area (Å²) in [7, 11) is 0. The first-order valence-corrected chi connectivity index (χ1v) is 14.1. The number of carbonyl (C=O) groups is 1. The van der Waals surface area contributed by atoms with Crippen LogP contribution in [0, 0.1) is 5.92 Å². The third kappa shape index (κ3) is 3.83. The van der Waals surface area contributed by atoms with Crippen LogP contribution in [0.3, 0.4) is 0 Å². The third-order valence-electron chi connectivity index (χ3n) is 8.04. The maximum atomic E-state index is 13.1. The van der Waals surface area contributed by atoms with Gasteiger partial charge in [-0.1, -0.05) is 22.0 Å². The Morgan fingerprint density at radius 2 is 1.95 bits per heavy atom. The average Bonchev–Trinajstić information content (AvgIpc) is 3.47. The molecule has 5 heterocycles. The highest BCUT2D eigenvalue weighted by Crippen LogP contribution is 2.49. The van der Waals surface area contributed by atoms with E-state index in [4.69, 9.17) is 14.5 Å². The summed E-state index contributed by atoms with van der Waals surface area (Å²) in [5, 5.41) is 1.18. The van der Waals surface area contributed by atoms with E-state index < -0.39 is 5.60 Å². The predicted molar refractivity (Wildman–Crippen MR) is 150 cm³/mol. The van der Waals surface area contributed by atoms with E-state index >= 15 is 0 Å². The van der Waals surface area contributed by atoms with Gasteiger partial charge in [0.1, 0.15) is 17.2 Å². The highest BCUT2D eigenvalue weighted by atomic mass is 79.9. The number of hydrogen-bond donors (Lipinski definition) is 1. The van der Waals surface area contributed by atoms with Crippen LogP contribution in [0.5, 0.6) is 5.75 Å². The number of nitrogens with one attached hydrogen (secondary N) is 1. The number of amides is 1. The molecular formula is C30H31BrN4O3. The van der Waals surface area contributed by atoms with Gasteiger partial charge >= 0.3 is 6.09 Å². The Labute approximate surface area is 230 Å². The van der Waals surface area contributed by atoms with E-state index in [1.54, 1.807) is 0 Å². The molecule has 7 nitrogen and oxygen atoms in total. The number of aromatic nitrogens is 3. The van der Waals surface area contributed by atoms with E-state index in [1.165, 1.54) is 5.39 Å². The first kappa shape index (κ1) is 23.8. The Morgan fingerprint density at radius 3 is 2.74 bits per heavy atom. The zero-order valence-corrected chi connectivity index (χ0v) is 23.6. The summed E-state index contributed by atoms with van der Waals surface area (Å²) >= 11 is 3.59. The van der Waals surface area contributed by atoms with E-state index in [0.29, 0.717) is 5.92 Å². The maximum absolute atomic E-state index is 13.1. The summed E-state index contributed by atoms with van der Waals surface area (Å²) in [6, 6.07) is 15.0. The van der Waals surface area contributed by atoms with Gasteiger partial charge in [-0.15, -0.1) is 0 Å². The Bertz CT molecular complexity index is 1580. The van der Waals surface area contributed by atoms with Crippen LogP contribution in [0.4, 0.5) is 4.79 Å². The second-order valence-corrected chi connectivity index (χ2v) is 12.8. The molecule has 8 rings (SSSR count). The summed E-state index contributed by atoms with van der Waals surface area (Å²) in [5.41, 5.74) is 4.77. The standard InChI is InChI=1S/C30H31BrN4O3/c1-16-34-24-8-6-20(31)12-19(24)13-25(34)22-7-5-18(14-27(22)37-16)23-15-32-28(33-23)26-11-17-9-21(10-17)35(26)29(36)38-30(2,3)4/h5-8,12-17,21,26H,9-11H2,1-4H3,(H,32,33). The lowest BCUT2D eigenvalue weighted by atomic mass is 9.70. The molecule has 2 saturated heterocycles. The molecule has 196 valence electrons. The number of carbonyl (C=O) groups excluding carboxylic acids is 1. The van der Waals surface area contributed by atoms with Gasteiger partial charge in [0.15, 0.2) is 6.23 Å². The van der Waals surface area contributed by atoms with Crippen LogP contribution in [0.2, 0.25) is 0 Å². The van der Waals surface area contributed by atoms with E-state index in [1.807, 2.05) is 31.9 Å². The number of aromatic amines is 1. The molecule has 3 aliphatic heterocycles. The van der Waals surface area contributed by atoms with Crippen LogP contribution in [0.25, 0.3) is 33.4 Å². The number of halogens is 1. The first-order chi connectivity index (χ1) is 18.1. The molecule has 4 aliphatic rings. The van der Waals surface area contributed by atoms with Crippen LogP contribution in [0.15, 0.2) is 53.1 Å². The van der Waals surface area contributed by atoms with Gasteiger partial charge in [0.2, 0.25) is 0 Å². The van der Waals surface area contributed by atoms with Crippen LogP contribution >= 0.6 is 15.9 Å².